The van der Waals surface area contributed by atoms with Crippen LogP contribution in [0.1, 0.15) is 26.2 Å². The second-order valence-corrected chi connectivity index (χ2v) is 4.23. The van der Waals surface area contributed by atoms with E-state index in [1.54, 1.807) is 6.92 Å². The molecule has 2 aliphatic rings. The van der Waals surface area contributed by atoms with E-state index in [2.05, 4.69) is 10.6 Å². The summed E-state index contributed by atoms with van der Waals surface area (Å²) in [5.41, 5.74) is 0.719. The Kier molecular flexibility index (Phi) is 1.99. The van der Waals surface area contributed by atoms with Crippen LogP contribution >= 0.6 is 12.2 Å². The average molecular weight is 212 g/mol. The summed E-state index contributed by atoms with van der Waals surface area (Å²) in [4.78, 5) is 11.1. The first-order chi connectivity index (χ1) is 6.55. The normalized spacial score (nSPS) is 23.9. The zero-order valence-corrected chi connectivity index (χ0v) is 8.70. The first kappa shape index (κ1) is 9.45. The minimum absolute atomic E-state index is 0.391. The van der Waals surface area contributed by atoms with Crippen molar-refractivity contribution in [1.82, 2.24) is 10.6 Å². The second kappa shape index (κ2) is 2.95. The third kappa shape index (κ3) is 1.19. The van der Waals surface area contributed by atoms with E-state index in [9.17, 15) is 4.79 Å². The van der Waals surface area contributed by atoms with E-state index in [0.29, 0.717) is 16.4 Å². The number of carboxylic acid groups (broad SMARTS) is 1. The maximum Gasteiger partial charge on any atom is 0.335 e. The van der Waals surface area contributed by atoms with Gasteiger partial charge in [-0.05, 0) is 38.4 Å². The van der Waals surface area contributed by atoms with Gasteiger partial charge in [-0.3, -0.25) is 0 Å². The molecule has 1 aliphatic carbocycles. The summed E-state index contributed by atoms with van der Waals surface area (Å²) in [5, 5.41) is 15.6. The second-order valence-electron chi connectivity index (χ2n) is 3.82. The molecule has 2 rings (SSSR count). The van der Waals surface area contributed by atoms with E-state index in [1.807, 2.05) is 0 Å². The van der Waals surface area contributed by atoms with E-state index in [0.717, 1.165) is 19.3 Å². The van der Waals surface area contributed by atoms with Crippen molar-refractivity contribution < 1.29 is 9.90 Å². The Bertz CT molecular complexity index is 345. The molecule has 14 heavy (non-hydrogen) atoms. The number of aliphatic carboxylic acids is 1. The fourth-order valence-electron chi connectivity index (χ4n) is 2.17. The molecule has 0 bridgehead atoms. The van der Waals surface area contributed by atoms with Crippen LogP contribution in [0.5, 0.6) is 0 Å². The molecule has 0 aromatic carbocycles. The van der Waals surface area contributed by atoms with Gasteiger partial charge in [-0.25, -0.2) is 4.79 Å². The zero-order chi connectivity index (χ0) is 10.3. The lowest BCUT2D eigenvalue weighted by molar-refractivity contribution is -0.134. The molecular weight excluding hydrogens is 200 g/mol. The lowest BCUT2D eigenvalue weighted by atomic mass is 9.70. The lowest BCUT2D eigenvalue weighted by Crippen LogP contribution is -2.62. The fraction of sp³-hybridized carbons (Fsp3) is 0.556. The Morgan fingerprint density at radius 1 is 1.57 bits per heavy atom. The highest BCUT2D eigenvalue weighted by atomic mass is 32.1. The molecule has 1 fully saturated rings. The quantitative estimate of drug-likeness (QED) is 0.560. The molecule has 0 amide bonds. The first-order valence-electron chi connectivity index (χ1n) is 4.59. The molecule has 4 nitrogen and oxygen atoms in total. The van der Waals surface area contributed by atoms with Gasteiger partial charge in [0, 0.05) is 5.70 Å². The first-order valence-corrected chi connectivity index (χ1v) is 5.00. The Morgan fingerprint density at radius 3 is 2.64 bits per heavy atom. The van der Waals surface area contributed by atoms with E-state index < -0.39 is 11.5 Å². The van der Waals surface area contributed by atoms with Crippen LogP contribution in [0.2, 0.25) is 0 Å². The minimum Gasteiger partial charge on any atom is -0.478 e. The Hall–Kier alpha value is -1.10. The number of nitrogens with one attached hydrogen (secondary N) is 2. The average Bonchev–Trinajstić information content (AvgIpc) is 1.98. The van der Waals surface area contributed by atoms with Crippen molar-refractivity contribution in [1.29, 1.82) is 0 Å². The van der Waals surface area contributed by atoms with E-state index in [-0.39, 0.29) is 0 Å². The van der Waals surface area contributed by atoms with Gasteiger partial charge in [-0.2, -0.15) is 0 Å². The summed E-state index contributed by atoms with van der Waals surface area (Å²) < 4.78 is 0. The maximum atomic E-state index is 11.1. The maximum absolute atomic E-state index is 11.1. The fourth-order valence-corrected chi connectivity index (χ4v) is 2.52. The van der Waals surface area contributed by atoms with E-state index in [1.165, 1.54) is 0 Å². The Balaban J connectivity index is 2.44. The van der Waals surface area contributed by atoms with Gasteiger partial charge in [-0.1, -0.05) is 0 Å². The number of carboxylic acids is 1. The lowest BCUT2D eigenvalue weighted by Gasteiger charge is -2.47. The molecule has 0 aromatic rings. The number of thiocarbonyl (C=S) groups is 1. The number of hydrogen-bond acceptors (Lipinski definition) is 2. The van der Waals surface area contributed by atoms with Crippen molar-refractivity contribution in [3.63, 3.8) is 0 Å². The summed E-state index contributed by atoms with van der Waals surface area (Å²) in [5.74, 6) is -0.857. The third-order valence-electron chi connectivity index (χ3n) is 2.93. The molecule has 3 N–H and O–H groups in total. The van der Waals surface area contributed by atoms with Crippen molar-refractivity contribution in [2.75, 3.05) is 0 Å². The highest BCUT2D eigenvalue weighted by Gasteiger charge is 2.47. The molecule has 5 heteroatoms. The summed E-state index contributed by atoms with van der Waals surface area (Å²) in [7, 11) is 0. The Morgan fingerprint density at radius 2 is 2.21 bits per heavy atom. The standard InChI is InChI=1S/C9H12N2O2S/c1-5-6(7(12)13)9(3-2-4-9)11-8(14)10-5/h2-4H2,1H3,(H,12,13)(H2,10,11,14). The Labute approximate surface area is 87.4 Å². The molecule has 0 radical (unpaired) electrons. The van der Waals surface area contributed by atoms with E-state index in [4.69, 9.17) is 17.3 Å². The summed E-state index contributed by atoms with van der Waals surface area (Å²) >= 11 is 5.02. The van der Waals surface area contributed by atoms with Gasteiger partial charge < -0.3 is 15.7 Å². The monoisotopic (exact) mass is 212 g/mol. The van der Waals surface area contributed by atoms with E-state index >= 15 is 0 Å². The highest BCUT2D eigenvalue weighted by molar-refractivity contribution is 7.80. The number of allylic oxidation sites excluding steroid dienone is 1. The molecule has 0 aromatic heterocycles. The summed E-state index contributed by atoms with van der Waals surface area (Å²) in [6.45, 7) is 1.76. The van der Waals surface area contributed by atoms with Gasteiger partial charge in [0.1, 0.15) is 0 Å². The largest absolute Gasteiger partial charge is 0.478 e. The molecule has 0 unspecified atom stereocenters. The van der Waals surface area contributed by atoms with Gasteiger partial charge in [0.05, 0.1) is 11.1 Å². The molecule has 1 aliphatic heterocycles. The zero-order valence-electron chi connectivity index (χ0n) is 7.89. The van der Waals surface area contributed by atoms with Crippen LogP contribution in [-0.4, -0.2) is 21.7 Å². The predicted molar refractivity (Wildman–Crippen MR) is 55.8 cm³/mol. The molecule has 1 saturated carbocycles. The molecule has 0 atom stereocenters. The molecule has 76 valence electrons. The van der Waals surface area contributed by atoms with Gasteiger partial charge >= 0.3 is 5.97 Å². The van der Waals surface area contributed by atoms with Crippen molar-refractivity contribution in [3.05, 3.63) is 11.3 Å². The van der Waals surface area contributed by atoms with Crippen molar-refractivity contribution in [3.8, 4) is 0 Å². The van der Waals surface area contributed by atoms with Gasteiger partial charge in [0.15, 0.2) is 5.11 Å². The summed E-state index contributed by atoms with van der Waals surface area (Å²) in [6, 6.07) is 0. The molecule has 1 spiro atoms. The van der Waals surface area contributed by atoms with Crippen LogP contribution in [0.4, 0.5) is 0 Å². The topological polar surface area (TPSA) is 61.4 Å². The summed E-state index contributed by atoms with van der Waals surface area (Å²) in [6.07, 6.45) is 2.77. The van der Waals surface area contributed by atoms with Crippen molar-refractivity contribution in [2.24, 2.45) is 0 Å². The van der Waals surface area contributed by atoms with Crippen molar-refractivity contribution in [2.45, 2.75) is 31.7 Å². The minimum atomic E-state index is -0.857. The van der Waals surface area contributed by atoms with Crippen LogP contribution in [0, 0.1) is 0 Å². The van der Waals surface area contributed by atoms with Crippen LogP contribution in [0.15, 0.2) is 11.3 Å². The number of rotatable bonds is 1. The predicted octanol–water partition coefficient (Wildman–Crippen LogP) is 0.745. The van der Waals surface area contributed by atoms with Gasteiger partial charge in [0.25, 0.3) is 0 Å². The SMILES string of the molecule is CC1=C(C(=O)O)C2(CCC2)NC(=S)N1. The molecule has 0 saturated heterocycles. The van der Waals surface area contributed by atoms with Crippen molar-refractivity contribution >= 4 is 23.3 Å². The van der Waals surface area contributed by atoms with Gasteiger partial charge in [0.2, 0.25) is 0 Å². The van der Waals surface area contributed by atoms with Crippen LogP contribution < -0.4 is 10.6 Å². The van der Waals surface area contributed by atoms with Crippen LogP contribution in [0.3, 0.4) is 0 Å². The van der Waals surface area contributed by atoms with Crippen LogP contribution in [-0.2, 0) is 4.79 Å². The smallest absolute Gasteiger partial charge is 0.335 e. The highest BCUT2D eigenvalue weighted by Crippen LogP contribution is 2.40. The number of carbonyl (C=O) groups is 1. The molecule has 1 heterocycles. The third-order valence-corrected chi connectivity index (χ3v) is 3.13. The van der Waals surface area contributed by atoms with Gasteiger partial charge in [-0.15, -0.1) is 0 Å². The molecular formula is C9H12N2O2S. The number of hydrogen-bond donors (Lipinski definition) is 3. The van der Waals surface area contributed by atoms with Crippen LogP contribution in [0.25, 0.3) is 0 Å².